The maximum Gasteiger partial charge on any atom is 0.226 e. The van der Waals surface area contributed by atoms with Gasteiger partial charge in [0.15, 0.2) is 5.96 Å². The molecular formula is C22H33IN6O2. The van der Waals surface area contributed by atoms with Crippen molar-refractivity contribution in [2.24, 2.45) is 16.6 Å². The Bertz CT molecular complexity index is 852. The van der Waals surface area contributed by atoms with E-state index in [1.807, 2.05) is 24.3 Å². The van der Waals surface area contributed by atoms with E-state index in [-0.39, 0.29) is 35.8 Å². The van der Waals surface area contributed by atoms with Crippen LogP contribution in [-0.4, -0.2) is 55.0 Å². The van der Waals surface area contributed by atoms with Gasteiger partial charge in [0, 0.05) is 25.7 Å². The van der Waals surface area contributed by atoms with E-state index in [0.29, 0.717) is 12.4 Å². The second-order valence-electron chi connectivity index (χ2n) is 7.76. The number of piperidine rings is 1. The molecule has 4 N–H and O–H groups in total. The van der Waals surface area contributed by atoms with Crippen molar-refractivity contribution < 1.29 is 9.21 Å². The number of rotatable bonds is 8. The second-order valence-corrected chi connectivity index (χ2v) is 7.76. The highest BCUT2D eigenvalue weighted by molar-refractivity contribution is 14.0. The summed E-state index contributed by atoms with van der Waals surface area (Å²) in [6.07, 6.45) is 4.58. The SMILES string of the molecule is CN=C(NCCCN1CCCC(C(N)=O)C1)NCc1coc(-c2ccc(C)cc2)n1.I. The summed E-state index contributed by atoms with van der Waals surface area (Å²) in [5.41, 5.74) is 8.44. The molecule has 8 nitrogen and oxygen atoms in total. The quantitative estimate of drug-likeness (QED) is 0.206. The molecule has 0 aliphatic carbocycles. The number of nitrogens with one attached hydrogen (secondary N) is 2. The molecule has 1 aromatic carbocycles. The number of carbonyl (C=O) groups excluding carboxylic acids is 1. The maximum atomic E-state index is 11.4. The highest BCUT2D eigenvalue weighted by Crippen LogP contribution is 2.19. The number of nitrogens with zero attached hydrogens (tertiary/aromatic N) is 3. The van der Waals surface area contributed by atoms with Gasteiger partial charge in [-0.05, 0) is 51.4 Å². The third kappa shape index (κ3) is 7.80. The van der Waals surface area contributed by atoms with Crippen molar-refractivity contribution in [2.75, 3.05) is 33.2 Å². The summed E-state index contributed by atoms with van der Waals surface area (Å²) in [5.74, 6) is 1.16. The van der Waals surface area contributed by atoms with Crippen molar-refractivity contribution in [2.45, 2.75) is 32.7 Å². The van der Waals surface area contributed by atoms with Crippen LogP contribution >= 0.6 is 24.0 Å². The summed E-state index contributed by atoms with van der Waals surface area (Å²) in [4.78, 5) is 22.5. The Morgan fingerprint density at radius 1 is 1.32 bits per heavy atom. The number of hydrogen-bond acceptors (Lipinski definition) is 5. The smallest absolute Gasteiger partial charge is 0.226 e. The first-order chi connectivity index (χ1) is 14.5. The average molecular weight is 540 g/mol. The fourth-order valence-corrected chi connectivity index (χ4v) is 3.61. The number of nitrogens with two attached hydrogens (primary N) is 1. The van der Waals surface area contributed by atoms with Crippen molar-refractivity contribution in [3.63, 3.8) is 0 Å². The molecule has 1 unspecified atom stereocenters. The van der Waals surface area contributed by atoms with E-state index < -0.39 is 0 Å². The molecule has 1 saturated heterocycles. The molecule has 1 atom stereocenters. The van der Waals surface area contributed by atoms with E-state index in [2.05, 4.69) is 32.4 Å². The van der Waals surface area contributed by atoms with E-state index in [0.717, 1.165) is 62.7 Å². The van der Waals surface area contributed by atoms with Crippen molar-refractivity contribution >= 4 is 35.8 Å². The van der Waals surface area contributed by atoms with Crippen LogP contribution in [0.5, 0.6) is 0 Å². The molecule has 1 aliphatic heterocycles. The number of halogens is 1. The van der Waals surface area contributed by atoms with Gasteiger partial charge >= 0.3 is 0 Å². The second kappa shape index (κ2) is 12.7. The Labute approximate surface area is 201 Å². The van der Waals surface area contributed by atoms with Gasteiger partial charge in [-0.1, -0.05) is 17.7 Å². The lowest BCUT2D eigenvalue weighted by atomic mass is 9.97. The number of oxazole rings is 1. The lowest BCUT2D eigenvalue weighted by Gasteiger charge is -2.31. The molecule has 3 rings (SSSR count). The summed E-state index contributed by atoms with van der Waals surface area (Å²) in [6, 6.07) is 8.10. The minimum Gasteiger partial charge on any atom is -0.444 e. The van der Waals surface area contributed by atoms with Gasteiger partial charge in [0.25, 0.3) is 0 Å². The number of guanidine groups is 1. The number of aryl methyl sites for hydroxylation is 1. The van der Waals surface area contributed by atoms with E-state index in [1.54, 1.807) is 13.3 Å². The van der Waals surface area contributed by atoms with Crippen LogP contribution in [0.4, 0.5) is 0 Å². The third-order valence-corrected chi connectivity index (χ3v) is 5.36. The van der Waals surface area contributed by atoms with Crippen molar-refractivity contribution in [3.05, 3.63) is 41.8 Å². The molecule has 0 saturated carbocycles. The Balaban J connectivity index is 0.00000341. The van der Waals surface area contributed by atoms with Crippen LogP contribution in [0.1, 0.15) is 30.5 Å². The normalized spacial score (nSPS) is 17.1. The standard InChI is InChI=1S/C22H32N6O2.HI/c1-16-6-8-17(9-7-16)21-27-19(15-30-21)13-26-22(24-2)25-10-4-12-28-11-3-5-18(14-28)20(23)29;/h6-9,15,18H,3-5,10-14H2,1-2H3,(H2,23,29)(H2,24,25,26);1H. The highest BCUT2D eigenvalue weighted by atomic mass is 127. The zero-order valence-corrected chi connectivity index (χ0v) is 20.6. The molecule has 0 spiro atoms. The molecule has 0 bridgehead atoms. The molecular weight excluding hydrogens is 507 g/mol. The molecule has 9 heteroatoms. The molecule has 2 aromatic rings. The number of amides is 1. The lowest BCUT2D eigenvalue weighted by molar-refractivity contribution is -0.123. The maximum absolute atomic E-state index is 11.4. The first-order valence-corrected chi connectivity index (χ1v) is 10.5. The fraction of sp³-hybridized carbons (Fsp3) is 0.500. The van der Waals surface area contributed by atoms with E-state index in [4.69, 9.17) is 10.2 Å². The number of primary amides is 1. The van der Waals surface area contributed by atoms with Gasteiger partial charge < -0.3 is 25.7 Å². The predicted molar refractivity (Wildman–Crippen MR) is 133 cm³/mol. The lowest BCUT2D eigenvalue weighted by Crippen LogP contribution is -2.42. The summed E-state index contributed by atoms with van der Waals surface area (Å²) >= 11 is 0. The minimum atomic E-state index is -0.180. The number of aromatic nitrogens is 1. The Morgan fingerprint density at radius 3 is 2.81 bits per heavy atom. The molecule has 0 radical (unpaired) electrons. The average Bonchev–Trinajstić information content (AvgIpc) is 3.23. The monoisotopic (exact) mass is 540 g/mol. The van der Waals surface area contributed by atoms with Gasteiger partial charge in [0.05, 0.1) is 18.2 Å². The van der Waals surface area contributed by atoms with Gasteiger partial charge in [-0.2, -0.15) is 0 Å². The Morgan fingerprint density at radius 2 is 2.10 bits per heavy atom. The van der Waals surface area contributed by atoms with Crippen LogP contribution in [0.25, 0.3) is 11.5 Å². The molecule has 170 valence electrons. The van der Waals surface area contributed by atoms with E-state index >= 15 is 0 Å². The Hall–Kier alpha value is -2.14. The summed E-state index contributed by atoms with van der Waals surface area (Å²) in [6.45, 7) is 6.13. The number of carbonyl (C=O) groups is 1. The summed E-state index contributed by atoms with van der Waals surface area (Å²) in [5, 5.41) is 6.58. The van der Waals surface area contributed by atoms with E-state index in [1.165, 1.54) is 5.56 Å². The van der Waals surface area contributed by atoms with Crippen molar-refractivity contribution in [1.29, 1.82) is 0 Å². The topological polar surface area (TPSA) is 109 Å². The summed E-state index contributed by atoms with van der Waals surface area (Å²) in [7, 11) is 1.75. The van der Waals surface area contributed by atoms with Gasteiger partial charge in [0.2, 0.25) is 11.8 Å². The number of benzene rings is 1. The van der Waals surface area contributed by atoms with Crippen molar-refractivity contribution in [1.82, 2.24) is 20.5 Å². The molecule has 1 aliphatic rings. The molecule has 1 fully saturated rings. The van der Waals surface area contributed by atoms with Gasteiger partial charge in [0.1, 0.15) is 6.26 Å². The van der Waals surface area contributed by atoms with Gasteiger partial charge in [-0.3, -0.25) is 9.79 Å². The molecule has 31 heavy (non-hydrogen) atoms. The zero-order valence-electron chi connectivity index (χ0n) is 18.3. The first-order valence-electron chi connectivity index (χ1n) is 10.5. The van der Waals surface area contributed by atoms with Crippen LogP contribution in [0.2, 0.25) is 0 Å². The molecule has 1 amide bonds. The molecule has 1 aromatic heterocycles. The van der Waals surface area contributed by atoms with Crippen LogP contribution < -0.4 is 16.4 Å². The van der Waals surface area contributed by atoms with Gasteiger partial charge in [-0.15, -0.1) is 24.0 Å². The van der Waals surface area contributed by atoms with Crippen LogP contribution in [0.3, 0.4) is 0 Å². The highest BCUT2D eigenvalue weighted by Gasteiger charge is 2.23. The minimum absolute atomic E-state index is 0. The number of hydrogen-bond donors (Lipinski definition) is 3. The van der Waals surface area contributed by atoms with Crippen molar-refractivity contribution in [3.8, 4) is 11.5 Å². The van der Waals surface area contributed by atoms with E-state index in [9.17, 15) is 4.79 Å². The fourth-order valence-electron chi connectivity index (χ4n) is 3.61. The number of aliphatic imine (C=N–C) groups is 1. The zero-order chi connectivity index (χ0) is 21.3. The van der Waals surface area contributed by atoms with Gasteiger partial charge in [-0.25, -0.2) is 4.98 Å². The van der Waals surface area contributed by atoms with Crippen LogP contribution in [0, 0.1) is 12.8 Å². The van der Waals surface area contributed by atoms with Crippen LogP contribution in [-0.2, 0) is 11.3 Å². The summed E-state index contributed by atoms with van der Waals surface area (Å²) < 4.78 is 5.60. The van der Waals surface area contributed by atoms with Crippen LogP contribution in [0.15, 0.2) is 39.9 Å². The molecule has 2 heterocycles. The number of likely N-dealkylation sites (tertiary alicyclic amines) is 1. The Kier molecular flexibility index (Phi) is 10.3. The predicted octanol–water partition coefficient (Wildman–Crippen LogP) is 2.52. The third-order valence-electron chi connectivity index (χ3n) is 5.36. The largest absolute Gasteiger partial charge is 0.444 e. The first kappa shape index (κ1) is 25.1.